The number of hydrogen-bond acceptors (Lipinski definition) is 7. The summed E-state index contributed by atoms with van der Waals surface area (Å²) < 4.78 is 12.3. The summed E-state index contributed by atoms with van der Waals surface area (Å²) in [5, 5.41) is 5.51. The van der Waals surface area contributed by atoms with Gasteiger partial charge in [-0.3, -0.25) is 9.59 Å². The second kappa shape index (κ2) is 7.44. The summed E-state index contributed by atoms with van der Waals surface area (Å²) in [6.45, 7) is 4.71. The number of pyridine rings is 1. The van der Waals surface area contributed by atoms with E-state index in [0.29, 0.717) is 52.6 Å². The number of thiophene rings is 1. The third-order valence-electron chi connectivity index (χ3n) is 5.51. The van der Waals surface area contributed by atoms with Crippen LogP contribution in [0.25, 0.3) is 21.2 Å². The monoisotopic (exact) mass is 436 g/mol. The normalized spacial score (nSPS) is 16.8. The lowest BCUT2D eigenvalue weighted by molar-refractivity contribution is -0.0221. The number of nitrogens with zero attached hydrogens (tertiary/aromatic N) is 3. The van der Waals surface area contributed by atoms with Gasteiger partial charge in [-0.1, -0.05) is 23.4 Å². The fourth-order valence-electron chi connectivity index (χ4n) is 4.13. The minimum atomic E-state index is -0.491. The Morgan fingerprint density at radius 2 is 2.06 bits per heavy atom. The van der Waals surface area contributed by atoms with Gasteiger partial charge in [-0.15, -0.1) is 11.3 Å². The topological polar surface area (TPSA) is 112 Å². The van der Waals surface area contributed by atoms with Crippen molar-refractivity contribution in [3.8, 4) is 0 Å². The third-order valence-corrected chi connectivity index (χ3v) is 6.71. The van der Waals surface area contributed by atoms with Crippen LogP contribution in [0, 0.1) is 13.8 Å². The fraction of sp³-hybridized carbons (Fsp3) is 0.273. The van der Waals surface area contributed by atoms with Crippen LogP contribution in [0.1, 0.15) is 43.1 Å². The molecule has 4 heterocycles. The van der Waals surface area contributed by atoms with Crippen LogP contribution >= 0.6 is 11.3 Å². The molecule has 0 radical (unpaired) electrons. The number of rotatable bonds is 3. The second-order valence-corrected chi connectivity index (χ2v) is 8.63. The number of primary amides is 1. The lowest BCUT2D eigenvalue weighted by Gasteiger charge is -2.33. The van der Waals surface area contributed by atoms with Crippen molar-refractivity contribution in [1.82, 2.24) is 15.0 Å². The molecular formula is C22H20N4O4S. The van der Waals surface area contributed by atoms with Gasteiger partial charge in [0.2, 0.25) is 0 Å². The molecule has 0 unspecified atom stereocenters. The van der Waals surface area contributed by atoms with Crippen LogP contribution in [0.4, 0.5) is 0 Å². The van der Waals surface area contributed by atoms with Crippen molar-refractivity contribution in [2.75, 3.05) is 19.7 Å². The quantitative estimate of drug-likeness (QED) is 0.527. The number of carbonyl (C=O) groups excluding carboxylic acids is 2. The zero-order valence-corrected chi connectivity index (χ0v) is 17.9. The molecule has 0 saturated carbocycles. The minimum Gasteiger partial charge on any atom is -0.370 e. The Morgan fingerprint density at radius 3 is 2.87 bits per heavy atom. The number of aryl methyl sites for hydroxylation is 2. The maximum Gasteiger partial charge on any atom is 0.259 e. The SMILES string of the molecule is Cc1cc(C(=O)N2CCO[C@@H](c3c(C(N)=O)sc4ccccc34)C2)c2c(C)noc2n1. The van der Waals surface area contributed by atoms with E-state index in [0.717, 1.165) is 15.6 Å². The average Bonchev–Trinajstić information content (AvgIpc) is 3.33. The van der Waals surface area contributed by atoms with E-state index >= 15 is 0 Å². The van der Waals surface area contributed by atoms with Gasteiger partial charge in [-0.25, -0.2) is 4.98 Å². The summed E-state index contributed by atoms with van der Waals surface area (Å²) in [5.41, 5.74) is 8.58. The van der Waals surface area contributed by atoms with Crippen LogP contribution in [0.15, 0.2) is 34.9 Å². The van der Waals surface area contributed by atoms with Gasteiger partial charge >= 0.3 is 0 Å². The molecule has 0 spiro atoms. The number of ether oxygens (including phenoxy) is 1. The highest BCUT2D eigenvalue weighted by Gasteiger charge is 2.32. The molecule has 158 valence electrons. The Hall–Kier alpha value is -3.30. The highest BCUT2D eigenvalue weighted by molar-refractivity contribution is 7.21. The first-order valence-electron chi connectivity index (χ1n) is 9.89. The molecule has 31 heavy (non-hydrogen) atoms. The molecule has 1 atom stereocenters. The van der Waals surface area contributed by atoms with E-state index < -0.39 is 12.0 Å². The van der Waals surface area contributed by atoms with Gasteiger partial charge < -0.3 is 19.9 Å². The molecule has 1 fully saturated rings. The van der Waals surface area contributed by atoms with Crippen molar-refractivity contribution in [2.24, 2.45) is 5.73 Å². The maximum absolute atomic E-state index is 13.5. The molecule has 1 aliphatic heterocycles. The Labute approximate surface area is 181 Å². The number of fused-ring (bicyclic) bond motifs is 2. The molecule has 2 amide bonds. The fourth-order valence-corrected chi connectivity index (χ4v) is 5.24. The summed E-state index contributed by atoms with van der Waals surface area (Å²) in [4.78, 5) is 32.2. The summed E-state index contributed by atoms with van der Waals surface area (Å²) in [6.07, 6.45) is -0.446. The van der Waals surface area contributed by atoms with Gasteiger partial charge in [-0.05, 0) is 31.4 Å². The lowest BCUT2D eigenvalue weighted by Crippen LogP contribution is -2.42. The van der Waals surface area contributed by atoms with Crippen molar-refractivity contribution >= 4 is 44.3 Å². The standard InChI is InChI=1S/C22H20N4O4S/c1-11-9-14(17-12(2)25-30-21(17)24-11)22(28)26-7-8-29-15(10-26)18-13-5-3-4-6-16(13)31-19(18)20(23)27/h3-6,9,15H,7-8,10H2,1-2H3,(H2,23,27)/t15-/m1/s1. The van der Waals surface area contributed by atoms with Crippen LogP contribution in [-0.2, 0) is 4.74 Å². The Bertz CT molecular complexity index is 1340. The Balaban J connectivity index is 1.53. The number of hydrogen-bond donors (Lipinski definition) is 1. The van der Waals surface area contributed by atoms with Crippen LogP contribution in [0.5, 0.6) is 0 Å². The second-order valence-electron chi connectivity index (χ2n) is 7.58. The molecule has 8 nitrogen and oxygen atoms in total. The Morgan fingerprint density at radius 1 is 1.26 bits per heavy atom. The molecule has 1 saturated heterocycles. The van der Waals surface area contributed by atoms with Gasteiger partial charge in [0.25, 0.3) is 17.5 Å². The van der Waals surface area contributed by atoms with Crippen molar-refractivity contribution in [1.29, 1.82) is 0 Å². The van der Waals surface area contributed by atoms with E-state index in [4.69, 9.17) is 15.0 Å². The summed E-state index contributed by atoms with van der Waals surface area (Å²) in [5.74, 6) is -0.634. The smallest absolute Gasteiger partial charge is 0.259 e. The van der Waals surface area contributed by atoms with Gasteiger partial charge in [0.1, 0.15) is 6.10 Å². The lowest BCUT2D eigenvalue weighted by atomic mass is 10.0. The molecular weight excluding hydrogens is 416 g/mol. The highest BCUT2D eigenvalue weighted by Crippen LogP contribution is 2.38. The largest absolute Gasteiger partial charge is 0.370 e. The van der Waals surface area contributed by atoms with Gasteiger partial charge in [0.05, 0.1) is 34.7 Å². The van der Waals surface area contributed by atoms with Gasteiger partial charge in [-0.2, -0.15) is 0 Å². The van der Waals surface area contributed by atoms with Crippen molar-refractivity contribution < 1.29 is 18.8 Å². The first-order chi connectivity index (χ1) is 14.9. The molecule has 0 bridgehead atoms. The molecule has 1 aromatic carbocycles. The van der Waals surface area contributed by atoms with E-state index in [1.807, 2.05) is 31.2 Å². The zero-order valence-electron chi connectivity index (χ0n) is 17.0. The minimum absolute atomic E-state index is 0.143. The molecule has 2 N–H and O–H groups in total. The van der Waals surface area contributed by atoms with Gasteiger partial charge in [0, 0.05) is 22.5 Å². The van der Waals surface area contributed by atoms with E-state index in [-0.39, 0.29) is 5.91 Å². The molecule has 3 aromatic heterocycles. The van der Waals surface area contributed by atoms with Crippen LogP contribution in [0.2, 0.25) is 0 Å². The average molecular weight is 436 g/mol. The van der Waals surface area contributed by atoms with Crippen LogP contribution in [0.3, 0.4) is 0 Å². The van der Waals surface area contributed by atoms with Crippen LogP contribution < -0.4 is 5.73 Å². The maximum atomic E-state index is 13.5. The molecule has 4 aromatic rings. The number of amides is 2. The number of aromatic nitrogens is 2. The number of benzene rings is 1. The van der Waals surface area contributed by atoms with E-state index in [9.17, 15) is 9.59 Å². The first kappa shape index (κ1) is 19.7. The predicted molar refractivity (Wildman–Crippen MR) is 116 cm³/mol. The zero-order chi connectivity index (χ0) is 21.7. The van der Waals surface area contributed by atoms with E-state index in [1.54, 1.807) is 17.9 Å². The summed E-state index contributed by atoms with van der Waals surface area (Å²) in [6, 6.07) is 9.50. The van der Waals surface area contributed by atoms with Crippen LogP contribution in [-0.4, -0.2) is 46.6 Å². The van der Waals surface area contributed by atoms with E-state index in [2.05, 4.69) is 10.1 Å². The molecule has 1 aliphatic rings. The first-order valence-corrected chi connectivity index (χ1v) is 10.7. The Kier molecular flexibility index (Phi) is 4.71. The molecule has 5 rings (SSSR count). The molecule has 9 heteroatoms. The third kappa shape index (κ3) is 3.26. The summed E-state index contributed by atoms with van der Waals surface area (Å²) >= 11 is 1.35. The van der Waals surface area contributed by atoms with Crippen molar-refractivity contribution in [3.63, 3.8) is 0 Å². The van der Waals surface area contributed by atoms with Crippen molar-refractivity contribution in [3.05, 3.63) is 57.7 Å². The number of nitrogens with two attached hydrogens (primary N) is 1. The predicted octanol–water partition coefficient (Wildman–Crippen LogP) is 3.37. The summed E-state index contributed by atoms with van der Waals surface area (Å²) in [7, 11) is 0. The van der Waals surface area contributed by atoms with Crippen molar-refractivity contribution in [2.45, 2.75) is 20.0 Å². The van der Waals surface area contributed by atoms with Gasteiger partial charge in [0.15, 0.2) is 0 Å². The number of morpholine rings is 1. The molecule has 0 aliphatic carbocycles. The highest BCUT2D eigenvalue weighted by atomic mass is 32.1. The van der Waals surface area contributed by atoms with E-state index in [1.165, 1.54) is 11.3 Å². The number of carbonyl (C=O) groups is 2.